The van der Waals surface area contributed by atoms with Crippen LogP contribution in [-0.4, -0.2) is 29.5 Å². The number of benzene rings is 3. The van der Waals surface area contributed by atoms with E-state index in [4.69, 9.17) is 9.84 Å². The highest BCUT2D eigenvalue weighted by Gasteiger charge is 2.34. The van der Waals surface area contributed by atoms with Crippen LogP contribution in [0.15, 0.2) is 87.8 Å². The minimum Gasteiger partial charge on any atom is -0.483 e. The second-order valence-electron chi connectivity index (χ2n) is 7.64. The summed E-state index contributed by atoms with van der Waals surface area (Å²) in [6, 6.07) is 23.2. The van der Waals surface area contributed by atoms with Crippen molar-refractivity contribution in [3.05, 3.63) is 98.7 Å². The van der Waals surface area contributed by atoms with E-state index in [1.165, 1.54) is 5.01 Å². The third-order valence-electron chi connectivity index (χ3n) is 5.59. The van der Waals surface area contributed by atoms with E-state index < -0.39 is 0 Å². The van der Waals surface area contributed by atoms with Crippen LogP contribution in [0.25, 0.3) is 10.8 Å². The number of fused-ring (bicyclic) bond motifs is 1. The van der Waals surface area contributed by atoms with Crippen molar-refractivity contribution in [3.8, 4) is 5.75 Å². The third kappa shape index (κ3) is 4.34. The predicted octanol–water partition coefficient (Wildman–Crippen LogP) is 6.23. The smallest absolute Gasteiger partial charge is 0.281 e. The van der Waals surface area contributed by atoms with E-state index in [1.807, 2.05) is 35.7 Å². The highest BCUT2D eigenvalue weighted by Crippen LogP contribution is 2.36. The highest BCUT2D eigenvalue weighted by atomic mass is 79.9. The van der Waals surface area contributed by atoms with Gasteiger partial charge in [0.15, 0.2) is 12.9 Å². The molecule has 1 aromatic heterocycles. The minimum atomic E-state index is -0.261. The number of carbonyl (C=O) groups excluding carboxylic acids is 2. The van der Waals surface area contributed by atoms with Crippen molar-refractivity contribution in [3.63, 3.8) is 0 Å². The fraction of sp³-hybridized carbons (Fsp3) is 0.115. The lowest BCUT2D eigenvalue weighted by Gasteiger charge is -2.21. The van der Waals surface area contributed by atoms with Gasteiger partial charge < -0.3 is 4.74 Å². The van der Waals surface area contributed by atoms with Gasteiger partial charge in [-0.2, -0.15) is 5.10 Å². The van der Waals surface area contributed by atoms with Crippen molar-refractivity contribution in [1.29, 1.82) is 0 Å². The molecule has 3 aromatic carbocycles. The van der Waals surface area contributed by atoms with Crippen LogP contribution < -0.4 is 4.74 Å². The fourth-order valence-corrected chi connectivity index (χ4v) is 5.22. The van der Waals surface area contributed by atoms with Crippen LogP contribution >= 0.6 is 27.3 Å². The molecule has 0 fully saturated rings. The molecular formula is C26H19BrN2O3S. The maximum atomic E-state index is 13.2. The Kier molecular flexibility index (Phi) is 6.07. The number of hydrogen-bond acceptors (Lipinski definition) is 5. The summed E-state index contributed by atoms with van der Waals surface area (Å²) in [7, 11) is 0. The molecule has 0 spiro atoms. The van der Waals surface area contributed by atoms with Gasteiger partial charge >= 0.3 is 0 Å². The summed E-state index contributed by atoms with van der Waals surface area (Å²) in [4.78, 5) is 25.7. The topological polar surface area (TPSA) is 59.0 Å². The van der Waals surface area contributed by atoms with Crippen molar-refractivity contribution in [2.45, 2.75) is 12.5 Å². The molecular weight excluding hydrogens is 500 g/mol. The molecule has 1 aliphatic rings. The Morgan fingerprint density at radius 2 is 1.97 bits per heavy atom. The molecule has 0 N–H and O–H groups in total. The standard InChI is InChI=1S/C26H19BrN2O3S/c27-19-10-11-24(18(13-19)15-30)32-16-26(31)29-23(25-9-4-12-33-25)14-22(28-29)21-8-3-6-17-5-1-2-7-20(17)21/h1-13,15,23H,14,16H2. The lowest BCUT2D eigenvalue weighted by molar-refractivity contribution is -0.135. The Morgan fingerprint density at radius 3 is 2.79 bits per heavy atom. The average Bonchev–Trinajstić information content (AvgIpc) is 3.53. The summed E-state index contributed by atoms with van der Waals surface area (Å²) in [6.07, 6.45) is 1.34. The minimum absolute atomic E-state index is 0.189. The van der Waals surface area contributed by atoms with Crippen LogP contribution in [-0.2, 0) is 4.79 Å². The second kappa shape index (κ2) is 9.29. The van der Waals surface area contributed by atoms with Crippen molar-refractivity contribution in [2.75, 3.05) is 6.61 Å². The SMILES string of the molecule is O=Cc1cc(Br)ccc1OCC(=O)N1N=C(c2cccc3ccccc23)CC1c1cccs1. The molecule has 2 heterocycles. The molecule has 0 saturated carbocycles. The molecule has 5 rings (SSSR count). The number of hydrazone groups is 1. The second-order valence-corrected chi connectivity index (χ2v) is 9.53. The number of rotatable bonds is 6. The van der Waals surface area contributed by atoms with Crippen molar-refractivity contribution >= 4 is 55.9 Å². The Balaban J connectivity index is 1.45. The fourth-order valence-electron chi connectivity index (χ4n) is 4.03. The zero-order valence-electron chi connectivity index (χ0n) is 17.5. The van der Waals surface area contributed by atoms with Crippen LogP contribution in [0.1, 0.15) is 33.3 Å². The normalized spacial score (nSPS) is 15.5. The van der Waals surface area contributed by atoms with E-state index in [1.54, 1.807) is 29.5 Å². The van der Waals surface area contributed by atoms with Crippen molar-refractivity contribution in [1.82, 2.24) is 5.01 Å². The van der Waals surface area contributed by atoms with Gasteiger partial charge in [0, 0.05) is 21.3 Å². The first-order chi connectivity index (χ1) is 16.1. The number of halogens is 1. The highest BCUT2D eigenvalue weighted by molar-refractivity contribution is 9.10. The summed E-state index contributed by atoms with van der Waals surface area (Å²) >= 11 is 4.95. The molecule has 4 aromatic rings. The molecule has 0 saturated heterocycles. The Labute approximate surface area is 203 Å². The van der Waals surface area contributed by atoms with Crippen LogP contribution in [0.2, 0.25) is 0 Å². The monoisotopic (exact) mass is 518 g/mol. The van der Waals surface area contributed by atoms with Gasteiger partial charge in [-0.1, -0.05) is 64.5 Å². The molecule has 33 heavy (non-hydrogen) atoms. The number of ether oxygens (including phenoxy) is 1. The Hall–Kier alpha value is -3.29. The van der Waals surface area contributed by atoms with E-state index in [2.05, 4.69) is 40.2 Å². The molecule has 0 aliphatic carbocycles. The molecule has 164 valence electrons. The molecule has 0 bridgehead atoms. The molecule has 7 heteroatoms. The van der Waals surface area contributed by atoms with Crippen LogP contribution in [0.3, 0.4) is 0 Å². The average molecular weight is 519 g/mol. The summed E-state index contributed by atoms with van der Waals surface area (Å²) < 4.78 is 6.49. The Bertz CT molecular complexity index is 1360. The lowest BCUT2D eigenvalue weighted by atomic mass is 9.97. The number of aldehydes is 1. The molecule has 1 unspecified atom stereocenters. The first-order valence-electron chi connectivity index (χ1n) is 10.4. The number of amides is 1. The van der Waals surface area contributed by atoms with Gasteiger partial charge in [0.25, 0.3) is 5.91 Å². The number of carbonyl (C=O) groups is 2. The van der Waals surface area contributed by atoms with Crippen LogP contribution in [0.4, 0.5) is 0 Å². The molecule has 0 radical (unpaired) electrons. The van der Waals surface area contributed by atoms with Gasteiger partial charge in [-0.15, -0.1) is 11.3 Å². The van der Waals surface area contributed by atoms with Crippen LogP contribution in [0, 0.1) is 0 Å². The van der Waals surface area contributed by atoms with Gasteiger partial charge in [0.1, 0.15) is 5.75 Å². The van der Waals surface area contributed by atoms with Crippen LogP contribution in [0.5, 0.6) is 5.75 Å². The third-order valence-corrected chi connectivity index (χ3v) is 7.05. The molecule has 5 nitrogen and oxygen atoms in total. The number of thiophene rings is 1. The zero-order valence-corrected chi connectivity index (χ0v) is 19.9. The summed E-state index contributed by atoms with van der Waals surface area (Å²) in [5, 5.41) is 10.5. The zero-order chi connectivity index (χ0) is 22.8. The van der Waals surface area contributed by atoms with Crippen molar-refractivity contribution < 1.29 is 14.3 Å². The number of hydrogen-bond donors (Lipinski definition) is 0. The summed E-state index contributed by atoms with van der Waals surface area (Å²) in [6.45, 7) is -0.212. The van der Waals surface area contributed by atoms with Gasteiger partial charge in [0.2, 0.25) is 0 Å². The maximum absolute atomic E-state index is 13.2. The van der Waals surface area contributed by atoms with Crippen molar-refractivity contribution in [2.24, 2.45) is 5.10 Å². The largest absolute Gasteiger partial charge is 0.483 e. The first-order valence-corrected chi connectivity index (χ1v) is 12.1. The maximum Gasteiger partial charge on any atom is 0.281 e. The van der Waals surface area contributed by atoms with E-state index in [0.29, 0.717) is 24.0 Å². The van der Waals surface area contributed by atoms with E-state index in [-0.39, 0.29) is 18.6 Å². The van der Waals surface area contributed by atoms with E-state index in [0.717, 1.165) is 31.4 Å². The van der Waals surface area contributed by atoms with E-state index in [9.17, 15) is 9.59 Å². The Morgan fingerprint density at radius 1 is 1.12 bits per heavy atom. The van der Waals surface area contributed by atoms with Gasteiger partial charge in [0.05, 0.1) is 17.3 Å². The van der Waals surface area contributed by atoms with Gasteiger partial charge in [-0.3, -0.25) is 9.59 Å². The van der Waals surface area contributed by atoms with E-state index >= 15 is 0 Å². The predicted molar refractivity (Wildman–Crippen MR) is 134 cm³/mol. The van der Waals surface area contributed by atoms with Gasteiger partial charge in [-0.05, 0) is 40.4 Å². The first kappa shape index (κ1) is 21.6. The summed E-state index contributed by atoms with van der Waals surface area (Å²) in [5.74, 6) is 0.107. The summed E-state index contributed by atoms with van der Waals surface area (Å²) in [5.41, 5.74) is 2.28. The lowest BCUT2D eigenvalue weighted by Crippen LogP contribution is -2.31. The molecule has 1 aliphatic heterocycles. The molecule has 1 atom stereocenters. The number of nitrogens with zero attached hydrogens (tertiary/aromatic N) is 2. The quantitative estimate of drug-likeness (QED) is 0.284. The van der Waals surface area contributed by atoms with Gasteiger partial charge in [-0.25, -0.2) is 5.01 Å². The molecule has 1 amide bonds.